The minimum absolute atomic E-state index is 0.312. The first-order valence-corrected chi connectivity index (χ1v) is 5.48. The molecule has 2 nitrogen and oxygen atoms in total. The highest BCUT2D eigenvalue weighted by Crippen LogP contribution is 2.24. The second kappa shape index (κ2) is 5.62. The molecule has 1 aromatic carbocycles. The quantitative estimate of drug-likeness (QED) is 0.866. The van der Waals surface area contributed by atoms with E-state index in [1.54, 1.807) is 14.0 Å². The molecule has 0 saturated carbocycles. The third-order valence-corrected chi connectivity index (χ3v) is 2.79. The van der Waals surface area contributed by atoms with Gasteiger partial charge in [0, 0.05) is 25.2 Å². The van der Waals surface area contributed by atoms with Crippen molar-refractivity contribution in [3.8, 4) is 0 Å². The highest BCUT2D eigenvalue weighted by atomic mass is 35.5. The number of halogens is 2. The predicted octanol–water partition coefficient (Wildman–Crippen LogP) is 2.81. The zero-order valence-corrected chi connectivity index (χ0v) is 10.2. The van der Waals surface area contributed by atoms with Gasteiger partial charge in [-0.2, -0.15) is 0 Å². The molecule has 0 aliphatic rings. The van der Waals surface area contributed by atoms with Gasteiger partial charge in [-0.1, -0.05) is 11.6 Å². The van der Waals surface area contributed by atoms with Crippen LogP contribution in [0.15, 0.2) is 18.2 Å². The minimum atomic E-state index is -0.937. The van der Waals surface area contributed by atoms with Gasteiger partial charge in [0.1, 0.15) is 5.82 Å². The number of benzene rings is 1. The number of ether oxygens (including phenoxy) is 1. The van der Waals surface area contributed by atoms with Gasteiger partial charge in [-0.25, -0.2) is 4.39 Å². The van der Waals surface area contributed by atoms with Gasteiger partial charge >= 0.3 is 0 Å². The average Bonchev–Trinajstić information content (AvgIpc) is 2.20. The van der Waals surface area contributed by atoms with Crippen molar-refractivity contribution in [3.63, 3.8) is 0 Å². The molecule has 0 aliphatic carbocycles. The van der Waals surface area contributed by atoms with Crippen LogP contribution in [0.5, 0.6) is 0 Å². The molecule has 4 heteroatoms. The number of hydrogen-bond acceptors (Lipinski definition) is 2. The fourth-order valence-electron chi connectivity index (χ4n) is 1.50. The van der Waals surface area contributed by atoms with E-state index in [4.69, 9.17) is 16.3 Å². The van der Waals surface area contributed by atoms with Crippen LogP contribution in [0.4, 0.5) is 4.39 Å². The van der Waals surface area contributed by atoms with E-state index >= 15 is 0 Å². The van der Waals surface area contributed by atoms with Gasteiger partial charge in [0.2, 0.25) is 0 Å². The van der Waals surface area contributed by atoms with E-state index in [9.17, 15) is 9.50 Å². The Balaban J connectivity index is 2.74. The van der Waals surface area contributed by atoms with Gasteiger partial charge in [-0.3, -0.25) is 0 Å². The summed E-state index contributed by atoms with van der Waals surface area (Å²) in [6.07, 6.45) is 0.795. The second-order valence-corrected chi connectivity index (χ2v) is 4.56. The maximum atomic E-state index is 13.0. The van der Waals surface area contributed by atoms with E-state index in [2.05, 4.69) is 0 Å². The summed E-state index contributed by atoms with van der Waals surface area (Å²) in [5.41, 5.74) is -0.323. The third kappa shape index (κ3) is 4.08. The van der Waals surface area contributed by atoms with Crippen LogP contribution in [0.1, 0.15) is 18.9 Å². The van der Waals surface area contributed by atoms with Crippen LogP contribution in [-0.4, -0.2) is 24.4 Å². The largest absolute Gasteiger partial charge is 0.390 e. The van der Waals surface area contributed by atoms with Crippen molar-refractivity contribution in [1.29, 1.82) is 0 Å². The Kier molecular flexibility index (Phi) is 4.71. The SMILES string of the molecule is COCCC(C)(O)Cc1cc(F)ccc1Cl. The maximum absolute atomic E-state index is 13.0. The van der Waals surface area contributed by atoms with Crippen molar-refractivity contribution < 1.29 is 14.2 Å². The molecular formula is C12H16ClFO2. The summed E-state index contributed by atoms with van der Waals surface area (Å²) in [4.78, 5) is 0. The zero-order valence-electron chi connectivity index (χ0n) is 9.46. The molecule has 0 aromatic heterocycles. The molecule has 0 radical (unpaired) electrons. The summed E-state index contributed by atoms with van der Waals surface area (Å²) < 4.78 is 17.9. The van der Waals surface area contributed by atoms with Gasteiger partial charge < -0.3 is 9.84 Å². The van der Waals surface area contributed by atoms with Crippen molar-refractivity contribution in [2.45, 2.75) is 25.4 Å². The lowest BCUT2D eigenvalue weighted by Crippen LogP contribution is -2.29. The van der Waals surface area contributed by atoms with E-state index in [0.717, 1.165) is 0 Å². The molecule has 0 fully saturated rings. The van der Waals surface area contributed by atoms with E-state index in [1.165, 1.54) is 18.2 Å². The van der Waals surface area contributed by atoms with Crippen LogP contribution in [-0.2, 0) is 11.2 Å². The molecule has 1 aromatic rings. The number of hydrogen-bond donors (Lipinski definition) is 1. The minimum Gasteiger partial charge on any atom is -0.390 e. The van der Waals surface area contributed by atoms with Crippen LogP contribution in [0, 0.1) is 5.82 Å². The lowest BCUT2D eigenvalue weighted by atomic mass is 9.93. The zero-order chi connectivity index (χ0) is 12.2. The van der Waals surface area contributed by atoms with Gasteiger partial charge in [-0.15, -0.1) is 0 Å². The molecule has 1 unspecified atom stereocenters. The van der Waals surface area contributed by atoms with Crippen molar-refractivity contribution in [1.82, 2.24) is 0 Å². The standard InChI is InChI=1S/C12H16ClFO2/c1-12(15,5-6-16-2)8-9-7-10(14)3-4-11(9)13/h3-4,7,15H,5-6,8H2,1-2H3. The Hall–Kier alpha value is -0.640. The Morgan fingerprint density at radius 2 is 2.19 bits per heavy atom. The van der Waals surface area contributed by atoms with E-state index < -0.39 is 5.60 Å². The predicted molar refractivity (Wildman–Crippen MR) is 62.2 cm³/mol. The molecule has 0 spiro atoms. The summed E-state index contributed by atoms with van der Waals surface area (Å²) in [7, 11) is 1.57. The molecule has 90 valence electrons. The van der Waals surface area contributed by atoms with Gasteiger partial charge in [0.15, 0.2) is 0 Å². The molecule has 1 N–H and O–H groups in total. The summed E-state index contributed by atoms with van der Waals surface area (Å²) in [6, 6.07) is 4.15. The van der Waals surface area contributed by atoms with E-state index in [0.29, 0.717) is 30.0 Å². The number of aliphatic hydroxyl groups is 1. The fourth-order valence-corrected chi connectivity index (χ4v) is 1.68. The maximum Gasteiger partial charge on any atom is 0.123 e. The first-order chi connectivity index (χ1) is 7.44. The van der Waals surface area contributed by atoms with Crippen LogP contribution in [0.2, 0.25) is 5.02 Å². The van der Waals surface area contributed by atoms with E-state index in [1.807, 2.05) is 0 Å². The average molecular weight is 247 g/mol. The van der Waals surface area contributed by atoms with Gasteiger partial charge in [0.05, 0.1) is 5.60 Å². The lowest BCUT2D eigenvalue weighted by molar-refractivity contribution is 0.0249. The Labute approximate surface area is 100.0 Å². The van der Waals surface area contributed by atoms with Crippen LogP contribution < -0.4 is 0 Å². The van der Waals surface area contributed by atoms with Crippen molar-refractivity contribution >= 4 is 11.6 Å². The summed E-state index contributed by atoms with van der Waals surface area (Å²) in [6.45, 7) is 2.15. The molecule has 0 saturated heterocycles. The second-order valence-electron chi connectivity index (χ2n) is 4.15. The molecule has 1 rings (SSSR count). The van der Waals surface area contributed by atoms with Crippen LogP contribution in [0.25, 0.3) is 0 Å². The van der Waals surface area contributed by atoms with Gasteiger partial charge in [0.25, 0.3) is 0 Å². The summed E-state index contributed by atoms with van der Waals surface area (Å²) in [5.74, 6) is -0.345. The van der Waals surface area contributed by atoms with Gasteiger partial charge in [-0.05, 0) is 37.1 Å². The highest BCUT2D eigenvalue weighted by molar-refractivity contribution is 6.31. The van der Waals surface area contributed by atoms with Crippen molar-refractivity contribution in [2.75, 3.05) is 13.7 Å². The molecule has 0 aliphatic heterocycles. The molecule has 0 amide bonds. The molecule has 0 heterocycles. The van der Waals surface area contributed by atoms with Crippen molar-refractivity contribution in [2.24, 2.45) is 0 Å². The molecule has 0 bridgehead atoms. The first kappa shape index (κ1) is 13.4. The smallest absolute Gasteiger partial charge is 0.123 e. The highest BCUT2D eigenvalue weighted by Gasteiger charge is 2.22. The first-order valence-electron chi connectivity index (χ1n) is 5.10. The normalized spacial score (nSPS) is 14.8. The number of rotatable bonds is 5. The number of methoxy groups -OCH3 is 1. The Morgan fingerprint density at radius 3 is 2.81 bits per heavy atom. The molecule has 1 atom stereocenters. The fraction of sp³-hybridized carbons (Fsp3) is 0.500. The monoisotopic (exact) mass is 246 g/mol. The van der Waals surface area contributed by atoms with Crippen LogP contribution in [0.3, 0.4) is 0 Å². The Bertz CT molecular complexity index is 353. The summed E-state index contributed by atoms with van der Waals surface area (Å²) in [5, 5.41) is 10.5. The molecule has 16 heavy (non-hydrogen) atoms. The lowest BCUT2D eigenvalue weighted by Gasteiger charge is -2.23. The molecular weight excluding hydrogens is 231 g/mol. The Morgan fingerprint density at radius 1 is 1.50 bits per heavy atom. The topological polar surface area (TPSA) is 29.5 Å². The van der Waals surface area contributed by atoms with Crippen LogP contribution >= 0.6 is 11.6 Å². The van der Waals surface area contributed by atoms with E-state index in [-0.39, 0.29) is 5.82 Å². The van der Waals surface area contributed by atoms with Crippen molar-refractivity contribution in [3.05, 3.63) is 34.6 Å². The third-order valence-electron chi connectivity index (χ3n) is 2.42. The summed E-state index contributed by atoms with van der Waals surface area (Å²) >= 11 is 5.93.